The second-order valence-corrected chi connectivity index (χ2v) is 7.15. The molecule has 0 unspecified atom stereocenters. The van der Waals surface area contributed by atoms with E-state index in [0.717, 1.165) is 25.1 Å². The summed E-state index contributed by atoms with van der Waals surface area (Å²) >= 11 is 0. The zero-order valence-electron chi connectivity index (χ0n) is 14.9. The minimum atomic E-state index is -0.407. The van der Waals surface area contributed by atoms with Crippen LogP contribution in [-0.2, 0) is 4.74 Å². The summed E-state index contributed by atoms with van der Waals surface area (Å²) < 4.78 is 25.0. The molecule has 138 valence electrons. The Hall–Kier alpha value is -2.34. The second-order valence-electron chi connectivity index (χ2n) is 7.15. The van der Waals surface area contributed by atoms with Crippen molar-refractivity contribution in [3.05, 3.63) is 53.7 Å². The Labute approximate surface area is 152 Å². The molecule has 0 N–H and O–H groups in total. The summed E-state index contributed by atoms with van der Waals surface area (Å²) in [5.41, 5.74) is 1.07. The number of piperidine rings is 1. The highest BCUT2D eigenvalue weighted by Crippen LogP contribution is 2.32. The van der Waals surface area contributed by atoms with Crippen molar-refractivity contribution < 1.29 is 18.3 Å². The van der Waals surface area contributed by atoms with Gasteiger partial charge in [-0.05, 0) is 44.0 Å². The summed E-state index contributed by atoms with van der Waals surface area (Å²) in [6.45, 7) is 4.96. The molecule has 1 aromatic heterocycles. The molecule has 5 nitrogen and oxygen atoms in total. The number of ether oxygens (including phenoxy) is 1. The van der Waals surface area contributed by atoms with Gasteiger partial charge in [-0.1, -0.05) is 6.07 Å². The van der Waals surface area contributed by atoms with E-state index in [9.17, 15) is 9.18 Å². The first-order chi connectivity index (χ1) is 12.6. The maximum absolute atomic E-state index is 13.6. The molecule has 0 aliphatic carbocycles. The number of anilines is 1. The smallest absolute Gasteiger partial charge is 0.257 e. The highest BCUT2D eigenvalue weighted by Gasteiger charge is 2.42. The SMILES string of the molecule is Cc1occc1C(=O)N1CCO[C@@]2(CCCN(c3cccc(F)c3)C2)C1. The van der Waals surface area contributed by atoms with E-state index in [1.165, 1.54) is 6.07 Å². The third-order valence-electron chi connectivity index (χ3n) is 5.34. The number of halogens is 1. The molecule has 2 aromatic rings. The number of hydrogen-bond donors (Lipinski definition) is 0. The van der Waals surface area contributed by atoms with Crippen LogP contribution in [0, 0.1) is 12.7 Å². The number of amides is 1. The van der Waals surface area contributed by atoms with E-state index in [0.29, 0.717) is 37.6 Å². The fraction of sp³-hybridized carbons (Fsp3) is 0.450. The van der Waals surface area contributed by atoms with Crippen LogP contribution in [0.5, 0.6) is 0 Å². The van der Waals surface area contributed by atoms with Gasteiger partial charge in [-0.2, -0.15) is 0 Å². The average molecular weight is 358 g/mol. The van der Waals surface area contributed by atoms with E-state index in [1.807, 2.05) is 11.0 Å². The zero-order valence-corrected chi connectivity index (χ0v) is 14.9. The second kappa shape index (κ2) is 6.76. The summed E-state index contributed by atoms with van der Waals surface area (Å²) in [7, 11) is 0. The number of nitrogens with zero attached hydrogens (tertiary/aromatic N) is 2. The predicted molar refractivity (Wildman–Crippen MR) is 95.9 cm³/mol. The van der Waals surface area contributed by atoms with Gasteiger partial charge in [-0.25, -0.2) is 4.39 Å². The van der Waals surface area contributed by atoms with Gasteiger partial charge in [-0.15, -0.1) is 0 Å². The first-order valence-electron chi connectivity index (χ1n) is 9.04. The number of hydrogen-bond acceptors (Lipinski definition) is 4. The van der Waals surface area contributed by atoms with Crippen LogP contribution in [0.3, 0.4) is 0 Å². The Morgan fingerprint density at radius 3 is 2.88 bits per heavy atom. The third-order valence-corrected chi connectivity index (χ3v) is 5.34. The first-order valence-corrected chi connectivity index (χ1v) is 9.04. The Morgan fingerprint density at radius 2 is 2.12 bits per heavy atom. The van der Waals surface area contributed by atoms with E-state index in [-0.39, 0.29) is 11.7 Å². The molecule has 2 fully saturated rings. The molecule has 0 bridgehead atoms. The number of carbonyl (C=O) groups is 1. The molecular weight excluding hydrogens is 335 g/mol. The molecule has 1 amide bonds. The van der Waals surface area contributed by atoms with E-state index in [2.05, 4.69) is 4.90 Å². The molecule has 0 radical (unpaired) electrons. The summed E-state index contributed by atoms with van der Waals surface area (Å²) in [6.07, 6.45) is 3.39. The number of furan rings is 1. The van der Waals surface area contributed by atoms with Crippen molar-refractivity contribution in [2.24, 2.45) is 0 Å². The van der Waals surface area contributed by atoms with Crippen LogP contribution in [0.2, 0.25) is 0 Å². The normalized spacial score (nSPS) is 23.5. The summed E-state index contributed by atoms with van der Waals surface area (Å²) in [6, 6.07) is 8.38. The lowest BCUT2D eigenvalue weighted by Crippen LogP contribution is -2.60. The highest BCUT2D eigenvalue weighted by atomic mass is 19.1. The van der Waals surface area contributed by atoms with Gasteiger partial charge in [0.1, 0.15) is 17.2 Å². The van der Waals surface area contributed by atoms with Gasteiger partial charge in [0.25, 0.3) is 5.91 Å². The third kappa shape index (κ3) is 3.21. The topological polar surface area (TPSA) is 45.9 Å². The van der Waals surface area contributed by atoms with Gasteiger partial charge in [0.05, 0.1) is 25.0 Å². The summed E-state index contributed by atoms with van der Waals surface area (Å²) in [5.74, 6) is 0.390. The van der Waals surface area contributed by atoms with Crippen LogP contribution in [0.15, 0.2) is 41.0 Å². The molecule has 1 aromatic carbocycles. The minimum absolute atomic E-state index is 0.0122. The van der Waals surface area contributed by atoms with Crippen molar-refractivity contribution in [3.63, 3.8) is 0 Å². The number of rotatable bonds is 2. The number of aryl methyl sites for hydroxylation is 1. The maximum Gasteiger partial charge on any atom is 0.257 e. The van der Waals surface area contributed by atoms with Crippen molar-refractivity contribution in [2.45, 2.75) is 25.4 Å². The zero-order chi connectivity index (χ0) is 18.1. The van der Waals surface area contributed by atoms with Gasteiger partial charge in [0.2, 0.25) is 0 Å². The molecule has 6 heteroatoms. The van der Waals surface area contributed by atoms with Gasteiger partial charge >= 0.3 is 0 Å². The minimum Gasteiger partial charge on any atom is -0.469 e. The Balaban J connectivity index is 1.52. The molecule has 1 spiro atoms. The molecule has 2 aliphatic rings. The Kier molecular flexibility index (Phi) is 4.44. The number of morpholine rings is 1. The van der Waals surface area contributed by atoms with Gasteiger partial charge in [-0.3, -0.25) is 4.79 Å². The van der Waals surface area contributed by atoms with Crippen molar-refractivity contribution >= 4 is 11.6 Å². The van der Waals surface area contributed by atoms with Gasteiger partial charge in [0, 0.05) is 25.3 Å². The highest BCUT2D eigenvalue weighted by molar-refractivity contribution is 5.95. The Morgan fingerprint density at radius 1 is 1.23 bits per heavy atom. The quantitative estimate of drug-likeness (QED) is 0.827. The molecule has 1 atom stereocenters. The monoisotopic (exact) mass is 358 g/mol. The number of carbonyl (C=O) groups excluding carboxylic acids is 1. The van der Waals surface area contributed by atoms with Crippen LogP contribution >= 0.6 is 0 Å². The standard InChI is InChI=1S/C20H23FN2O3/c1-15-18(6-10-25-15)19(24)23-9-11-26-20(14-23)7-3-8-22(13-20)17-5-2-4-16(21)12-17/h2,4-6,10,12H,3,7-9,11,13-14H2,1H3/t20-/m1/s1. The van der Waals surface area contributed by atoms with Crippen molar-refractivity contribution in [1.82, 2.24) is 4.90 Å². The molecule has 2 aliphatic heterocycles. The van der Waals surface area contributed by atoms with Crippen LogP contribution in [0.25, 0.3) is 0 Å². The van der Waals surface area contributed by atoms with E-state index in [4.69, 9.17) is 9.15 Å². The van der Waals surface area contributed by atoms with Crippen LogP contribution < -0.4 is 4.90 Å². The van der Waals surface area contributed by atoms with Crippen LogP contribution in [0.4, 0.5) is 10.1 Å². The van der Waals surface area contributed by atoms with E-state index >= 15 is 0 Å². The predicted octanol–water partition coefficient (Wildman–Crippen LogP) is 3.24. The molecule has 4 rings (SSSR count). The van der Waals surface area contributed by atoms with Crippen molar-refractivity contribution in [1.29, 1.82) is 0 Å². The lowest BCUT2D eigenvalue weighted by Gasteiger charge is -2.48. The maximum atomic E-state index is 13.6. The van der Waals surface area contributed by atoms with E-state index in [1.54, 1.807) is 31.4 Å². The first kappa shape index (κ1) is 17.1. The largest absolute Gasteiger partial charge is 0.469 e. The van der Waals surface area contributed by atoms with Gasteiger partial charge in [0.15, 0.2) is 0 Å². The molecule has 0 saturated carbocycles. The number of benzene rings is 1. The fourth-order valence-corrected chi connectivity index (χ4v) is 4.03. The van der Waals surface area contributed by atoms with Crippen LogP contribution in [-0.4, -0.2) is 49.2 Å². The molecular formula is C20H23FN2O3. The summed E-state index contributed by atoms with van der Waals surface area (Å²) in [5, 5.41) is 0. The van der Waals surface area contributed by atoms with Crippen LogP contribution in [0.1, 0.15) is 29.0 Å². The average Bonchev–Trinajstić information content (AvgIpc) is 3.07. The molecule has 3 heterocycles. The lowest BCUT2D eigenvalue weighted by molar-refractivity contribution is -0.105. The summed E-state index contributed by atoms with van der Waals surface area (Å²) in [4.78, 5) is 16.9. The Bertz CT molecular complexity index is 802. The molecule has 26 heavy (non-hydrogen) atoms. The van der Waals surface area contributed by atoms with Gasteiger partial charge < -0.3 is 19.0 Å². The van der Waals surface area contributed by atoms with E-state index < -0.39 is 5.60 Å². The van der Waals surface area contributed by atoms with Crippen molar-refractivity contribution in [3.8, 4) is 0 Å². The van der Waals surface area contributed by atoms with Crippen molar-refractivity contribution in [2.75, 3.05) is 37.7 Å². The molecule has 2 saturated heterocycles. The fourth-order valence-electron chi connectivity index (χ4n) is 4.03. The lowest BCUT2D eigenvalue weighted by atomic mass is 9.90.